The van der Waals surface area contributed by atoms with Gasteiger partial charge in [0.2, 0.25) is 0 Å². The summed E-state index contributed by atoms with van der Waals surface area (Å²) in [6.07, 6.45) is 6.71. The molecule has 0 heterocycles. The van der Waals surface area contributed by atoms with E-state index in [1.54, 1.807) is 30.3 Å². The summed E-state index contributed by atoms with van der Waals surface area (Å²) in [7, 11) is 0. The highest BCUT2D eigenvalue weighted by Crippen LogP contribution is 2.34. The van der Waals surface area contributed by atoms with Gasteiger partial charge in [-0.1, -0.05) is 71.4 Å². The Morgan fingerprint density at radius 3 is 2.44 bits per heavy atom. The molecule has 1 unspecified atom stereocenters. The first-order valence-corrected chi connectivity index (χ1v) is 11.9. The molecule has 2 rings (SSSR count). The van der Waals surface area contributed by atoms with Crippen LogP contribution in [0.15, 0.2) is 36.4 Å². The Hall–Kier alpha value is -2.40. The first kappa shape index (κ1) is 25.9. The highest BCUT2D eigenvalue weighted by molar-refractivity contribution is 6.33. The van der Waals surface area contributed by atoms with Gasteiger partial charge in [0.25, 0.3) is 5.91 Å². The number of aromatic hydroxyl groups is 1. The quantitative estimate of drug-likeness (QED) is 0.247. The van der Waals surface area contributed by atoms with E-state index in [0.29, 0.717) is 28.6 Å². The minimum absolute atomic E-state index is 0.221. The average molecular weight is 461 g/mol. The van der Waals surface area contributed by atoms with E-state index in [4.69, 9.17) is 22.1 Å². The summed E-state index contributed by atoms with van der Waals surface area (Å²) < 4.78 is 6.14. The van der Waals surface area contributed by atoms with Gasteiger partial charge < -0.3 is 20.9 Å². The summed E-state index contributed by atoms with van der Waals surface area (Å²) in [6.45, 7) is 8.27. The third kappa shape index (κ3) is 7.94. The van der Waals surface area contributed by atoms with Crippen molar-refractivity contribution in [2.75, 3.05) is 11.1 Å². The number of carbonyl (C=O) groups excluding carboxylic acids is 1. The molecule has 0 radical (unpaired) electrons. The molecule has 1 amide bonds. The molecule has 0 saturated heterocycles. The van der Waals surface area contributed by atoms with Crippen molar-refractivity contribution in [2.45, 2.75) is 84.2 Å². The molecule has 1 atom stereocenters. The number of ether oxygens (including phenoxy) is 1. The number of hydrogen-bond acceptors (Lipinski definition) is 4. The zero-order valence-electron chi connectivity index (χ0n) is 19.7. The van der Waals surface area contributed by atoms with Gasteiger partial charge in [-0.2, -0.15) is 0 Å². The van der Waals surface area contributed by atoms with Crippen LogP contribution in [0.5, 0.6) is 11.5 Å². The van der Waals surface area contributed by atoms with E-state index in [2.05, 4.69) is 12.2 Å². The molecule has 0 aromatic heterocycles. The first-order valence-electron chi connectivity index (χ1n) is 11.5. The molecule has 176 valence electrons. The van der Waals surface area contributed by atoms with Crippen LogP contribution < -0.4 is 15.8 Å². The molecular weight excluding hydrogens is 424 g/mol. The second-order valence-corrected chi connectivity index (χ2v) is 9.72. The number of anilines is 2. The first-order chi connectivity index (χ1) is 15.1. The number of nitrogen functional groups attached to an aromatic ring is 1. The lowest BCUT2D eigenvalue weighted by molar-refractivity contribution is -0.123. The zero-order chi connectivity index (χ0) is 23.7. The lowest BCUT2D eigenvalue weighted by Gasteiger charge is -2.23. The van der Waals surface area contributed by atoms with Crippen molar-refractivity contribution in [1.29, 1.82) is 0 Å². The number of amides is 1. The van der Waals surface area contributed by atoms with Crippen LogP contribution in [0, 0.1) is 0 Å². The summed E-state index contributed by atoms with van der Waals surface area (Å²) in [5.41, 5.74) is 7.38. The standard InChI is InChI=1S/C26H37ClN2O3/c1-5-6-7-8-9-10-11-24(25(31)29-18-12-14-21(27)22(28)16-18)32-19-13-15-23(30)20(17-19)26(2,3)4/h12-17,24,30H,5-11,28H2,1-4H3,(H,29,31). The van der Waals surface area contributed by atoms with E-state index in [1.807, 2.05) is 26.8 Å². The molecule has 0 fully saturated rings. The van der Waals surface area contributed by atoms with Crippen LogP contribution in [0.25, 0.3) is 0 Å². The summed E-state index contributed by atoms with van der Waals surface area (Å²) >= 11 is 5.99. The van der Waals surface area contributed by atoms with E-state index in [9.17, 15) is 9.90 Å². The van der Waals surface area contributed by atoms with E-state index in [-0.39, 0.29) is 17.1 Å². The molecule has 2 aromatic carbocycles. The lowest BCUT2D eigenvalue weighted by atomic mass is 9.86. The maximum atomic E-state index is 13.1. The molecule has 0 bridgehead atoms. The number of rotatable bonds is 11. The Kier molecular flexibility index (Phi) is 9.70. The molecular formula is C26H37ClN2O3. The maximum absolute atomic E-state index is 13.1. The van der Waals surface area contributed by atoms with Crippen molar-refractivity contribution in [3.8, 4) is 11.5 Å². The van der Waals surface area contributed by atoms with Crippen molar-refractivity contribution in [2.24, 2.45) is 0 Å². The Morgan fingerprint density at radius 2 is 1.78 bits per heavy atom. The van der Waals surface area contributed by atoms with Crippen molar-refractivity contribution < 1.29 is 14.6 Å². The highest BCUT2D eigenvalue weighted by atomic mass is 35.5. The third-order valence-corrected chi connectivity index (χ3v) is 5.77. The number of benzene rings is 2. The van der Waals surface area contributed by atoms with Crippen LogP contribution in [0.3, 0.4) is 0 Å². The van der Waals surface area contributed by atoms with Crippen molar-refractivity contribution in [3.05, 3.63) is 47.0 Å². The summed E-state index contributed by atoms with van der Waals surface area (Å²) in [5.74, 6) is 0.554. The van der Waals surface area contributed by atoms with Gasteiger partial charge in [0, 0.05) is 11.3 Å². The van der Waals surface area contributed by atoms with Gasteiger partial charge in [0.15, 0.2) is 6.10 Å². The largest absolute Gasteiger partial charge is 0.508 e. The summed E-state index contributed by atoms with van der Waals surface area (Å²) in [5, 5.41) is 13.6. The van der Waals surface area contributed by atoms with E-state index >= 15 is 0 Å². The fraction of sp³-hybridized carbons (Fsp3) is 0.500. The van der Waals surface area contributed by atoms with Crippen LogP contribution in [0.1, 0.15) is 78.2 Å². The number of nitrogens with two attached hydrogens (primary N) is 1. The third-order valence-electron chi connectivity index (χ3n) is 5.43. The van der Waals surface area contributed by atoms with Crippen LogP contribution in [-0.4, -0.2) is 17.1 Å². The van der Waals surface area contributed by atoms with E-state index in [1.165, 1.54) is 19.3 Å². The number of halogens is 1. The Balaban J connectivity index is 2.14. The maximum Gasteiger partial charge on any atom is 0.265 e. The van der Waals surface area contributed by atoms with Crippen LogP contribution in [0.2, 0.25) is 5.02 Å². The van der Waals surface area contributed by atoms with Gasteiger partial charge in [-0.15, -0.1) is 0 Å². The van der Waals surface area contributed by atoms with Crippen LogP contribution >= 0.6 is 11.6 Å². The fourth-order valence-corrected chi connectivity index (χ4v) is 3.67. The number of carbonyl (C=O) groups is 1. The summed E-state index contributed by atoms with van der Waals surface area (Å²) in [6, 6.07) is 10.2. The zero-order valence-corrected chi connectivity index (χ0v) is 20.5. The lowest BCUT2D eigenvalue weighted by Crippen LogP contribution is -2.33. The van der Waals surface area contributed by atoms with E-state index < -0.39 is 6.10 Å². The molecule has 0 aliphatic heterocycles. The monoisotopic (exact) mass is 460 g/mol. The molecule has 0 aliphatic carbocycles. The second kappa shape index (κ2) is 12.0. The molecule has 0 saturated carbocycles. The fourth-order valence-electron chi connectivity index (χ4n) is 3.55. The molecule has 32 heavy (non-hydrogen) atoms. The Morgan fingerprint density at radius 1 is 1.09 bits per heavy atom. The van der Waals surface area contributed by atoms with E-state index in [0.717, 1.165) is 24.8 Å². The molecule has 4 N–H and O–H groups in total. The Bertz CT molecular complexity index is 893. The number of nitrogens with one attached hydrogen (secondary N) is 1. The minimum atomic E-state index is -0.657. The number of hydrogen-bond donors (Lipinski definition) is 3. The highest BCUT2D eigenvalue weighted by Gasteiger charge is 2.23. The normalized spacial score (nSPS) is 12.4. The van der Waals surface area contributed by atoms with Crippen molar-refractivity contribution in [1.82, 2.24) is 0 Å². The second-order valence-electron chi connectivity index (χ2n) is 9.32. The van der Waals surface area contributed by atoms with Crippen LogP contribution in [-0.2, 0) is 10.2 Å². The van der Waals surface area contributed by atoms with Crippen molar-refractivity contribution >= 4 is 28.9 Å². The number of phenols is 1. The van der Waals surface area contributed by atoms with Gasteiger partial charge in [-0.25, -0.2) is 0 Å². The smallest absolute Gasteiger partial charge is 0.265 e. The van der Waals surface area contributed by atoms with Crippen molar-refractivity contribution in [3.63, 3.8) is 0 Å². The minimum Gasteiger partial charge on any atom is -0.508 e. The predicted molar refractivity (Wildman–Crippen MR) is 134 cm³/mol. The SMILES string of the molecule is CCCCCCCCC(Oc1ccc(O)c(C(C)(C)C)c1)C(=O)Nc1ccc(Cl)c(N)c1. The Labute approximate surface area is 197 Å². The van der Waals surface area contributed by atoms with Gasteiger partial charge in [-0.3, -0.25) is 4.79 Å². The molecule has 0 spiro atoms. The molecule has 6 heteroatoms. The molecule has 0 aliphatic rings. The van der Waals surface area contributed by atoms with Gasteiger partial charge in [0.1, 0.15) is 11.5 Å². The number of phenolic OH excluding ortho intramolecular Hbond substituents is 1. The molecule has 2 aromatic rings. The predicted octanol–water partition coefficient (Wildman–Crippen LogP) is 7.06. The van der Waals surface area contributed by atoms with Gasteiger partial charge in [-0.05, 0) is 54.7 Å². The van der Waals surface area contributed by atoms with Gasteiger partial charge >= 0.3 is 0 Å². The topological polar surface area (TPSA) is 84.6 Å². The molecule has 5 nitrogen and oxygen atoms in total. The van der Waals surface area contributed by atoms with Gasteiger partial charge in [0.05, 0.1) is 10.7 Å². The number of unbranched alkanes of at least 4 members (excludes halogenated alkanes) is 5. The average Bonchev–Trinajstić information content (AvgIpc) is 2.72. The van der Waals surface area contributed by atoms with Crippen LogP contribution in [0.4, 0.5) is 11.4 Å². The summed E-state index contributed by atoms with van der Waals surface area (Å²) in [4.78, 5) is 13.1.